The van der Waals surface area contributed by atoms with Gasteiger partial charge in [0.05, 0.1) is 29.2 Å². The summed E-state index contributed by atoms with van der Waals surface area (Å²) in [6.45, 7) is 0. The highest BCUT2D eigenvalue weighted by Gasteiger charge is 2.05. The first-order valence-corrected chi connectivity index (χ1v) is 7.71. The second-order valence-corrected chi connectivity index (χ2v) is 5.35. The van der Waals surface area contributed by atoms with Gasteiger partial charge in [-0.15, -0.1) is 0 Å². The molecule has 0 atom stereocenters. The molecule has 1 N–H and O–H groups in total. The first kappa shape index (κ1) is 14.9. The Morgan fingerprint density at radius 2 is 2.00 bits per heavy atom. The molecule has 3 aromatic heterocycles. The number of rotatable bonds is 4. The van der Waals surface area contributed by atoms with Gasteiger partial charge in [0.1, 0.15) is 17.9 Å². The van der Waals surface area contributed by atoms with Crippen LogP contribution in [0.15, 0.2) is 77.8 Å². The number of carbonyl (C=O) groups is 1. The van der Waals surface area contributed by atoms with Crippen LogP contribution in [0.3, 0.4) is 0 Å². The number of nitrogens with zero attached hydrogens (tertiary/aromatic N) is 3. The van der Waals surface area contributed by atoms with Gasteiger partial charge in [0.15, 0.2) is 0 Å². The zero-order chi connectivity index (χ0) is 17.1. The van der Waals surface area contributed by atoms with Crippen molar-refractivity contribution in [3.05, 3.63) is 79.2 Å². The topological polar surface area (TPSA) is 73.0 Å². The first-order valence-electron chi connectivity index (χ1n) is 7.71. The summed E-state index contributed by atoms with van der Waals surface area (Å²) in [7, 11) is 0. The van der Waals surface area contributed by atoms with Gasteiger partial charge in [0, 0.05) is 6.08 Å². The van der Waals surface area contributed by atoms with E-state index in [4.69, 9.17) is 4.42 Å². The number of furan rings is 1. The number of hydrogen-bond acceptors (Lipinski definition) is 4. The molecule has 0 saturated carbocycles. The molecule has 0 aliphatic rings. The second-order valence-electron chi connectivity index (χ2n) is 5.35. The van der Waals surface area contributed by atoms with Crippen molar-refractivity contribution >= 4 is 28.7 Å². The minimum atomic E-state index is -0.251. The summed E-state index contributed by atoms with van der Waals surface area (Å²) in [5.41, 5.74) is 2.50. The maximum absolute atomic E-state index is 11.9. The minimum Gasteiger partial charge on any atom is -0.465 e. The first-order chi connectivity index (χ1) is 12.3. The van der Waals surface area contributed by atoms with E-state index in [0.717, 1.165) is 16.9 Å². The maximum Gasteiger partial charge on any atom is 0.248 e. The third-order valence-corrected chi connectivity index (χ3v) is 3.66. The Morgan fingerprint density at radius 1 is 1.08 bits per heavy atom. The van der Waals surface area contributed by atoms with Gasteiger partial charge < -0.3 is 9.73 Å². The standard InChI is InChI=1S/C19H14N4O2/c24-19(10-8-15-4-3-11-25-15)22-14-7-9-18(20-12-14)23-13-21-16-5-1-2-6-17(16)23/h1-13H,(H,22,24)/b10-8+. The summed E-state index contributed by atoms with van der Waals surface area (Å²) < 4.78 is 7.04. The molecule has 6 nitrogen and oxygen atoms in total. The molecule has 0 saturated heterocycles. The Hall–Kier alpha value is -3.67. The summed E-state index contributed by atoms with van der Waals surface area (Å²) in [5, 5.41) is 2.76. The van der Waals surface area contributed by atoms with Crippen molar-refractivity contribution < 1.29 is 9.21 Å². The number of benzene rings is 1. The van der Waals surface area contributed by atoms with Crippen molar-refractivity contribution in [1.82, 2.24) is 14.5 Å². The van der Waals surface area contributed by atoms with Gasteiger partial charge in [-0.1, -0.05) is 12.1 Å². The summed E-state index contributed by atoms with van der Waals surface area (Å²) in [5.74, 6) is 1.10. The Balaban J connectivity index is 1.49. The normalized spacial score (nSPS) is 11.2. The highest BCUT2D eigenvalue weighted by Crippen LogP contribution is 2.17. The molecule has 3 heterocycles. The fourth-order valence-corrected chi connectivity index (χ4v) is 2.47. The average molecular weight is 330 g/mol. The fraction of sp³-hybridized carbons (Fsp3) is 0. The molecule has 122 valence electrons. The van der Waals surface area contributed by atoms with Crippen LogP contribution in [-0.4, -0.2) is 20.4 Å². The third kappa shape index (κ3) is 3.18. The predicted molar refractivity (Wildman–Crippen MR) is 95.2 cm³/mol. The van der Waals surface area contributed by atoms with Crippen molar-refractivity contribution in [2.45, 2.75) is 0 Å². The molecule has 0 unspecified atom stereocenters. The van der Waals surface area contributed by atoms with Crippen molar-refractivity contribution in [3.8, 4) is 5.82 Å². The molecule has 25 heavy (non-hydrogen) atoms. The number of hydrogen-bond donors (Lipinski definition) is 1. The molecule has 0 fully saturated rings. The van der Waals surface area contributed by atoms with E-state index in [1.165, 1.54) is 6.08 Å². The van der Waals surface area contributed by atoms with Crippen molar-refractivity contribution in [3.63, 3.8) is 0 Å². The third-order valence-electron chi connectivity index (χ3n) is 3.66. The van der Waals surface area contributed by atoms with Gasteiger partial charge >= 0.3 is 0 Å². The number of anilines is 1. The SMILES string of the molecule is O=C(/C=C/c1ccco1)Nc1ccc(-n2cnc3ccccc32)nc1. The number of fused-ring (bicyclic) bond motifs is 1. The Kier molecular flexibility index (Phi) is 3.84. The maximum atomic E-state index is 11.9. The van der Waals surface area contributed by atoms with E-state index in [0.29, 0.717) is 11.4 Å². The zero-order valence-corrected chi connectivity index (χ0v) is 13.2. The quantitative estimate of drug-likeness (QED) is 0.580. The van der Waals surface area contributed by atoms with Crippen LogP contribution in [0.5, 0.6) is 0 Å². The number of carbonyl (C=O) groups excluding carboxylic acids is 1. The van der Waals surface area contributed by atoms with Crippen LogP contribution in [0.25, 0.3) is 22.9 Å². The lowest BCUT2D eigenvalue weighted by atomic mass is 10.3. The smallest absolute Gasteiger partial charge is 0.248 e. The summed E-state index contributed by atoms with van der Waals surface area (Å²) >= 11 is 0. The van der Waals surface area contributed by atoms with E-state index in [2.05, 4.69) is 15.3 Å². The Bertz CT molecular complexity index is 1030. The lowest BCUT2D eigenvalue weighted by Gasteiger charge is -2.05. The van der Waals surface area contributed by atoms with E-state index in [-0.39, 0.29) is 5.91 Å². The summed E-state index contributed by atoms with van der Waals surface area (Å²) in [6, 6.07) is 15.0. The molecule has 1 aromatic carbocycles. The lowest BCUT2D eigenvalue weighted by molar-refractivity contribution is -0.111. The van der Waals surface area contributed by atoms with Gasteiger partial charge in [-0.2, -0.15) is 0 Å². The van der Waals surface area contributed by atoms with Crippen LogP contribution >= 0.6 is 0 Å². The molecule has 4 rings (SSSR count). The van der Waals surface area contributed by atoms with Gasteiger partial charge in [-0.05, 0) is 42.5 Å². The largest absolute Gasteiger partial charge is 0.465 e. The van der Waals surface area contributed by atoms with Crippen molar-refractivity contribution in [1.29, 1.82) is 0 Å². The molecule has 0 aliphatic heterocycles. The van der Waals surface area contributed by atoms with Crippen molar-refractivity contribution in [2.24, 2.45) is 0 Å². The molecular formula is C19H14N4O2. The molecule has 0 bridgehead atoms. The van der Waals surface area contributed by atoms with Crippen LogP contribution in [0.1, 0.15) is 5.76 Å². The van der Waals surface area contributed by atoms with Gasteiger partial charge in [0.25, 0.3) is 0 Å². The molecule has 0 aliphatic carbocycles. The monoisotopic (exact) mass is 330 g/mol. The minimum absolute atomic E-state index is 0.251. The average Bonchev–Trinajstić information content (AvgIpc) is 3.30. The molecule has 0 radical (unpaired) electrons. The molecule has 6 heteroatoms. The number of imidazole rings is 1. The van der Waals surface area contributed by atoms with Crippen LogP contribution in [0.4, 0.5) is 5.69 Å². The van der Waals surface area contributed by atoms with E-state index < -0.39 is 0 Å². The molecule has 0 spiro atoms. The van der Waals surface area contributed by atoms with Crippen LogP contribution < -0.4 is 5.32 Å². The molecule has 1 amide bonds. The number of aromatic nitrogens is 3. The molecule has 4 aromatic rings. The van der Waals surface area contributed by atoms with Crippen LogP contribution in [0, 0.1) is 0 Å². The van der Waals surface area contributed by atoms with E-state index in [9.17, 15) is 4.79 Å². The predicted octanol–water partition coefficient (Wildman–Crippen LogP) is 3.67. The van der Waals surface area contributed by atoms with Gasteiger partial charge in [-0.3, -0.25) is 9.36 Å². The van der Waals surface area contributed by atoms with E-state index in [1.807, 2.05) is 34.9 Å². The summed E-state index contributed by atoms with van der Waals surface area (Å²) in [6.07, 6.45) is 7.92. The van der Waals surface area contributed by atoms with Gasteiger partial charge in [0.2, 0.25) is 5.91 Å². The number of pyridine rings is 1. The molecular weight excluding hydrogens is 316 g/mol. The Labute approximate surface area is 143 Å². The van der Waals surface area contributed by atoms with Gasteiger partial charge in [-0.25, -0.2) is 9.97 Å². The number of nitrogens with one attached hydrogen (secondary N) is 1. The Morgan fingerprint density at radius 3 is 2.80 bits per heavy atom. The van der Waals surface area contributed by atoms with Crippen molar-refractivity contribution in [2.75, 3.05) is 5.32 Å². The number of amides is 1. The second kappa shape index (κ2) is 6.45. The number of para-hydroxylation sites is 2. The van der Waals surface area contributed by atoms with Crippen LogP contribution in [-0.2, 0) is 4.79 Å². The van der Waals surface area contributed by atoms with E-state index >= 15 is 0 Å². The lowest BCUT2D eigenvalue weighted by Crippen LogP contribution is -2.08. The van der Waals surface area contributed by atoms with E-state index in [1.54, 1.807) is 43.1 Å². The van der Waals surface area contributed by atoms with Crippen LogP contribution in [0.2, 0.25) is 0 Å². The fourth-order valence-electron chi connectivity index (χ4n) is 2.47. The highest BCUT2D eigenvalue weighted by molar-refractivity contribution is 6.01. The highest BCUT2D eigenvalue weighted by atomic mass is 16.3. The summed E-state index contributed by atoms with van der Waals surface area (Å²) in [4.78, 5) is 20.7. The zero-order valence-electron chi connectivity index (χ0n) is 13.2.